The first kappa shape index (κ1) is 34.4. The van der Waals surface area contributed by atoms with E-state index in [1.165, 1.54) is 56.4 Å². The molecule has 4 rings (SSSR count). The summed E-state index contributed by atoms with van der Waals surface area (Å²) in [5, 5.41) is 0. The summed E-state index contributed by atoms with van der Waals surface area (Å²) in [5.74, 6) is 10.3. The molecule has 43 heavy (non-hydrogen) atoms. The Morgan fingerprint density at radius 1 is 0.605 bits per heavy atom. The van der Waals surface area contributed by atoms with Gasteiger partial charge < -0.3 is 9.47 Å². The van der Waals surface area contributed by atoms with Crippen LogP contribution in [0.3, 0.4) is 0 Å². The minimum Gasteiger partial charge on any atom is -0.490 e. The van der Waals surface area contributed by atoms with Gasteiger partial charge in [0.2, 0.25) is 11.6 Å². The highest BCUT2D eigenvalue weighted by molar-refractivity contribution is 5.42. The highest BCUT2D eigenvalue weighted by atomic mass is 19.2. The molecule has 2 aliphatic rings. The van der Waals surface area contributed by atoms with Gasteiger partial charge in [0.15, 0.2) is 23.1 Å². The standard InChI is InChI=1S/C19H24F2O.C18H22F2O/c1-3-13-22-17-12-11-16(18(20)19(17)21)10-9-15-7-5-14(4-2)6-8-15;1-3-12-21-16-11-10-15(17(19)18(16)20)9-8-14-6-4-13(2)5-7-14/h11-12,14-15H,3-8,13H2,1-2H3;10-11,13-14H,3-7,12H2,1-2H3. The van der Waals surface area contributed by atoms with Crippen molar-refractivity contribution >= 4 is 0 Å². The number of hydrogen-bond donors (Lipinski definition) is 0. The summed E-state index contributed by atoms with van der Waals surface area (Å²) in [6, 6.07) is 5.93. The van der Waals surface area contributed by atoms with Gasteiger partial charge in [-0.05, 0) is 100 Å². The van der Waals surface area contributed by atoms with E-state index in [1.807, 2.05) is 13.8 Å². The molecule has 0 atom stereocenters. The highest BCUT2D eigenvalue weighted by Crippen LogP contribution is 2.31. The largest absolute Gasteiger partial charge is 0.490 e. The van der Waals surface area contributed by atoms with E-state index in [0.29, 0.717) is 25.0 Å². The van der Waals surface area contributed by atoms with Crippen LogP contribution in [0.1, 0.15) is 109 Å². The van der Waals surface area contributed by atoms with Crippen molar-refractivity contribution in [2.24, 2.45) is 23.7 Å². The molecular weight excluding hydrogens is 552 g/mol. The Morgan fingerprint density at radius 3 is 1.42 bits per heavy atom. The van der Waals surface area contributed by atoms with Crippen molar-refractivity contribution in [3.05, 3.63) is 58.7 Å². The molecule has 0 saturated heterocycles. The summed E-state index contributed by atoms with van der Waals surface area (Å²) in [5.41, 5.74) is 0.244. The van der Waals surface area contributed by atoms with Crippen LogP contribution in [0.2, 0.25) is 0 Å². The molecule has 0 heterocycles. The van der Waals surface area contributed by atoms with Gasteiger partial charge in [0.05, 0.1) is 24.3 Å². The van der Waals surface area contributed by atoms with E-state index < -0.39 is 23.3 Å². The Morgan fingerprint density at radius 2 is 1.02 bits per heavy atom. The zero-order valence-corrected chi connectivity index (χ0v) is 26.1. The summed E-state index contributed by atoms with van der Waals surface area (Å²) in [6.07, 6.45) is 11.7. The van der Waals surface area contributed by atoms with Gasteiger partial charge in [-0.25, -0.2) is 8.78 Å². The normalized spacial score (nSPS) is 21.3. The average Bonchev–Trinajstić information content (AvgIpc) is 3.03. The van der Waals surface area contributed by atoms with Gasteiger partial charge in [-0.3, -0.25) is 0 Å². The summed E-state index contributed by atoms with van der Waals surface area (Å²) in [7, 11) is 0. The molecule has 0 amide bonds. The second kappa shape index (κ2) is 17.9. The monoisotopic (exact) mass is 598 g/mol. The van der Waals surface area contributed by atoms with Crippen molar-refractivity contribution in [3.8, 4) is 35.2 Å². The van der Waals surface area contributed by atoms with Crippen LogP contribution >= 0.6 is 0 Å². The Hall–Kier alpha value is -3.12. The lowest BCUT2D eigenvalue weighted by Crippen LogP contribution is -2.12. The molecule has 0 aliphatic heterocycles. The minimum absolute atomic E-state index is 0.0339. The molecule has 2 aromatic carbocycles. The molecule has 0 spiro atoms. The lowest BCUT2D eigenvalue weighted by molar-refractivity contribution is 0.295. The smallest absolute Gasteiger partial charge is 0.201 e. The fourth-order valence-corrected chi connectivity index (χ4v) is 5.38. The first-order valence-electron chi connectivity index (χ1n) is 16.0. The first-order valence-corrected chi connectivity index (χ1v) is 16.0. The van der Waals surface area contributed by atoms with Crippen LogP contribution < -0.4 is 9.47 Å². The van der Waals surface area contributed by atoms with Crippen molar-refractivity contribution < 1.29 is 27.0 Å². The Balaban J connectivity index is 0.000000236. The van der Waals surface area contributed by atoms with Crippen LogP contribution in [-0.2, 0) is 0 Å². The van der Waals surface area contributed by atoms with Crippen LogP contribution in [0.25, 0.3) is 0 Å². The topological polar surface area (TPSA) is 18.5 Å². The first-order chi connectivity index (χ1) is 20.8. The Labute approximate surface area is 255 Å². The molecule has 0 bridgehead atoms. The van der Waals surface area contributed by atoms with Gasteiger partial charge in [-0.15, -0.1) is 0 Å². The van der Waals surface area contributed by atoms with Crippen LogP contribution in [0.4, 0.5) is 17.6 Å². The summed E-state index contributed by atoms with van der Waals surface area (Å²) < 4.78 is 66.0. The van der Waals surface area contributed by atoms with Crippen molar-refractivity contribution in [2.75, 3.05) is 13.2 Å². The summed E-state index contributed by atoms with van der Waals surface area (Å²) in [6.45, 7) is 9.05. The molecule has 6 heteroatoms. The lowest BCUT2D eigenvalue weighted by Gasteiger charge is -2.24. The second-order valence-corrected chi connectivity index (χ2v) is 11.8. The third kappa shape index (κ3) is 10.5. The molecule has 0 unspecified atom stereocenters. The Kier molecular flexibility index (Phi) is 14.3. The van der Waals surface area contributed by atoms with Gasteiger partial charge in [-0.2, -0.15) is 8.78 Å². The van der Waals surface area contributed by atoms with E-state index >= 15 is 0 Å². The maximum Gasteiger partial charge on any atom is 0.201 e. The Bertz CT molecular complexity index is 1280. The molecule has 0 aromatic heterocycles. The fourth-order valence-electron chi connectivity index (χ4n) is 5.38. The minimum atomic E-state index is -0.937. The summed E-state index contributed by atoms with van der Waals surface area (Å²) >= 11 is 0. The number of rotatable bonds is 7. The molecule has 2 saturated carbocycles. The molecule has 2 aromatic rings. The molecule has 2 nitrogen and oxygen atoms in total. The SMILES string of the molecule is CCCOc1ccc(C#CC2CCC(C)CC2)c(F)c1F.CCCOc1ccc(C#CC2CCC(CC)CC2)c(F)c1F. The van der Waals surface area contributed by atoms with Gasteiger partial charge in [0, 0.05) is 11.8 Å². The maximum absolute atomic E-state index is 14.0. The van der Waals surface area contributed by atoms with E-state index in [4.69, 9.17) is 9.47 Å². The van der Waals surface area contributed by atoms with E-state index in [1.54, 1.807) is 0 Å². The van der Waals surface area contributed by atoms with Crippen LogP contribution in [-0.4, -0.2) is 13.2 Å². The van der Waals surface area contributed by atoms with Crippen LogP contribution in [0.5, 0.6) is 11.5 Å². The lowest BCUT2D eigenvalue weighted by atomic mass is 9.81. The zero-order valence-electron chi connectivity index (χ0n) is 26.1. The number of hydrogen-bond acceptors (Lipinski definition) is 2. The quantitative estimate of drug-likeness (QED) is 0.233. The number of halogens is 4. The predicted octanol–water partition coefficient (Wildman–Crippen LogP) is 10.3. The van der Waals surface area contributed by atoms with Crippen LogP contribution in [0.15, 0.2) is 24.3 Å². The van der Waals surface area contributed by atoms with Gasteiger partial charge in [0.25, 0.3) is 0 Å². The molecule has 234 valence electrons. The van der Waals surface area contributed by atoms with E-state index in [2.05, 4.69) is 37.5 Å². The summed E-state index contributed by atoms with van der Waals surface area (Å²) in [4.78, 5) is 0. The third-order valence-corrected chi connectivity index (χ3v) is 8.28. The van der Waals surface area contributed by atoms with Gasteiger partial charge >= 0.3 is 0 Å². The average molecular weight is 599 g/mol. The number of ether oxygens (including phenoxy) is 2. The van der Waals surface area contributed by atoms with Crippen molar-refractivity contribution in [1.82, 2.24) is 0 Å². The van der Waals surface area contributed by atoms with E-state index in [-0.39, 0.29) is 22.6 Å². The molecular formula is C37H46F4O2. The van der Waals surface area contributed by atoms with E-state index in [0.717, 1.165) is 50.4 Å². The predicted molar refractivity (Wildman–Crippen MR) is 165 cm³/mol. The molecule has 0 N–H and O–H groups in total. The van der Waals surface area contributed by atoms with E-state index in [9.17, 15) is 17.6 Å². The van der Waals surface area contributed by atoms with Crippen molar-refractivity contribution in [1.29, 1.82) is 0 Å². The molecule has 2 aliphatic carbocycles. The third-order valence-electron chi connectivity index (χ3n) is 8.28. The molecule has 2 fully saturated rings. The highest BCUT2D eigenvalue weighted by Gasteiger charge is 2.19. The second-order valence-electron chi connectivity index (χ2n) is 11.8. The maximum atomic E-state index is 14.0. The number of benzene rings is 2. The fraction of sp³-hybridized carbons (Fsp3) is 0.568. The van der Waals surface area contributed by atoms with Crippen molar-refractivity contribution in [3.63, 3.8) is 0 Å². The van der Waals surface area contributed by atoms with Crippen LogP contribution in [0, 0.1) is 70.6 Å². The molecule has 0 radical (unpaired) electrons. The van der Waals surface area contributed by atoms with Gasteiger partial charge in [-0.1, -0.05) is 57.8 Å². The zero-order chi connectivity index (χ0) is 31.2. The van der Waals surface area contributed by atoms with Crippen molar-refractivity contribution in [2.45, 2.75) is 98.3 Å². The van der Waals surface area contributed by atoms with Gasteiger partial charge in [0.1, 0.15) is 0 Å².